The van der Waals surface area contributed by atoms with E-state index in [4.69, 9.17) is 9.26 Å². The van der Waals surface area contributed by atoms with Crippen molar-refractivity contribution < 1.29 is 18.8 Å². The van der Waals surface area contributed by atoms with Crippen LogP contribution in [-0.2, 0) is 14.3 Å². The molecule has 0 aromatic carbocycles. The van der Waals surface area contributed by atoms with Gasteiger partial charge in [-0.1, -0.05) is 12.1 Å². The van der Waals surface area contributed by atoms with E-state index in [2.05, 4.69) is 20.7 Å². The lowest BCUT2D eigenvalue weighted by Gasteiger charge is -2.29. The molecule has 3 saturated heterocycles. The molecule has 4 heterocycles. The summed E-state index contributed by atoms with van der Waals surface area (Å²) in [7, 11) is 0. The Labute approximate surface area is 152 Å². The molecule has 2 amide bonds. The van der Waals surface area contributed by atoms with E-state index in [0.717, 1.165) is 25.9 Å². The highest BCUT2D eigenvalue weighted by Crippen LogP contribution is 2.54. The zero-order valence-electron chi connectivity index (χ0n) is 15.3. The van der Waals surface area contributed by atoms with Crippen LogP contribution in [-0.4, -0.2) is 59.8 Å². The van der Waals surface area contributed by atoms with Crippen molar-refractivity contribution >= 4 is 17.6 Å². The first-order chi connectivity index (χ1) is 12.5. The standard InChI is InChI=1S/C18H26N4O4/c1-3-16(23)19-7-12-13-8-22(10-18(13)5-4-14(12)25-18)9-17(24)20-15-6-11(2)26-21-15/h6,12-14H,3-5,7-10H2,1-2H3,(H,19,23)(H,20,21,24)/t12-,13+,14+,18+/m0/s1. The maximum Gasteiger partial charge on any atom is 0.239 e. The number of nitrogens with zero attached hydrogens (tertiary/aromatic N) is 2. The van der Waals surface area contributed by atoms with Gasteiger partial charge in [-0.25, -0.2) is 0 Å². The van der Waals surface area contributed by atoms with Crippen molar-refractivity contribution in [1.29, 1.82) is 0 Å². The number of carbonyl (C=O) groups is 2. The third kappa shape index (κ3) is 3.12. The fourth-order valence-corrected chi connectivity index (χ4v) is 4.85. The number of carbonyl (C=O) groups excluding carboxylic acids is 2. The second kappa shape index (κ2) is 6.66. The summed E-state index contributed by atoms with van der Waals surface area (Å²) in [6, 6.07) is 1.70. The number of hydrogen-bond acceptors (Lipinski definition) is 6. The van der Waals surface area contributed by atoms with Crippen molar-refractivity contribution in [1.82, 2.24) is 15.4 Å². The lowest BCUT2D eigenvalue weighted by molar-refractivity contribution is -0.121. The first kappa shape index (κ1) is 17.5. The quantitative estimate of drug-likeness (QED) is 0.781. The molecule has 1 spiro atoms. The van der Waals surface area contributed by atoms with E-state index in [1.165, 1.54) is 0 Å². The molecule has 1 aromatic rings. The summed E-state index contributed by atoms with van der Waals surface area (Å²) in [6.07, 6.45) is 2.83. The zero-order chi connectivity index (χ0) is 18.3. The van der Waals surface area contributed by atoms with Gasteiger partial charge in [0, 0.05) is 44.0 Å². The number of likely N-dealkylation sites (tertiary alicyclic amines) is 1. The van der Waals surface area contributed by atoms with Crippen molar-refractivity contribution in [2.24, 2.45) is 11.8 Å². The molecule has 142 valence electrons. The predicted octanol–water partition coefficient (Wildman–Crippen LogP) is 0.927. The molecule has 3 aliphatic heterocycles. The maximum absolute atomic E-state index is 12.3. The van der Waals surface area contributed by atoms with E-state index in [0.29, 0.717) is 42.9 Å². The number of fused-ring (bicyclic) bond motifs is 1. The largest absolute Gasteiger partial charge is 0.370 e. The molecule has 0 unspecified atom stereocenters. The van der Waals surface area contributed by atoms with Crippen LogP contribution in [0.1, 0.15) is 31.9 Å². The molecule has 8 heteroatoms. The van der Waals surface area contributed by atoms with Gasteiger partial charge in [0.25, 0.3) is 0 Å². The lowest BCUT2D eigenvalue weighted by atomic mass is 9.73. The lowest BCUT2D eigenvalue weighted by Crippen LogP contribution is -2.41. The normalized spacial score (nSPS) is 32.6. The average Bonchev–Trinajstić information content (AvgIpc) is 3.33. The number of ether oxygens (including phenoxy) is 1. The number of anilines is 1. The second-order valence-corrected chi connectivity index (χ2v) is 7.73. The molecule has 4 rings (SSSR count). The Hall–Kier alpha value is -1.93. The van der Waals surface area contributed by atoms with Crippen molar-refractivity contribution in [3.8, 4) is 0 Å². The van der Waals surface area contributed by atoms with Crippen molar-refractivity contribution in [3.63, 3.8) is 0 Å². The van der Waals surface area contributed by atoms with E-state index in [-0.39, 0.29) is 23.5 Å². The summed E-state index contributed by atoms with van der Waals surface area (Å²) >= 11 is 0. The Kier molecular flexibility index (Phi) is 4.48. The summed E-state index contributed by atoms with van der Waals surface area (Å²) < 4.78 is 11.3. The topological polar surface area (TPSA) is 96.7 Å². The van der Waals surface area contributed by atoms with Crippen LogP contribution in [0.2, 0.25) is 0 Å². The van der Waals surface area contributed by atoms with E-state index < -0.39 is 0 Å². The molecular weight excluding hydrogens is 336 g/mol. The molecule has 26 heavy (non-hydrogen) atoms. The number of hydrogen-bond donors (Lipinski definition) is 2. The van der Waals surface area contributed by atoms with Crippen molar-refractivity contribution in [3.05, 3.63) is 11.8 Å². The van der Waals surface area contributed by atoms with E-state index >= 15 is 0 Å². The van der Waals surface area contributed by atoms with E-state index in [1.807, 2.05) is 6.92 Å². The maximum atomic E-state index is 12.3. The third-order valence-corrected chi connectivity index (χ3v) is 5.97. The Balaban J connectivity index is 1.35. The van der Waals surface area contributed by atoms with E-state index in [1.54, 1.807) is 13.0 Å². The summed E-state index contributed by atoms with van der Waals surface area (Å²) in [6.45, 7) is 6.23. The Bertz CT molecular complexity index is 705. The highest BCUT2D eigenvalue weighted by atomic mass is 16.5. The molecule has 1 aromatic heterocycles. The highest BCUT2D eigenvalue weighted by Gasteiger charge is 2.62. The minimum absolute atomic E-state index is 0.0824. The first-order valence-electron chi connectivity index (χ1n) is 9.39. The first-order valence-corrected chi connectivity index (χ1v) is 9.39. The third-order valence-electron chi connectivity index (χ3n) is 5.97. The zero-order valence-corrected chi connectivity index (χ0v) is 15.3. The summed E-state index contributed by atoms with van der Waals surface area (Å²) in [5.74, 6) is 1.81. The monoisotopic (exact) mass is 362 g/mol. The smallest absolute Gasteiger partial charge is 0.239 e. The van der Waals surface area contributed by atoms with Crippen LogP contribution in [0.3, 0.4) is 0 Å². The number of amides is 2. The van der Waals surface area contributed by atoms with Crippen LogP contribution in [0.5, 0.6) is 0 Å². The van der Waals surface area contributed by atoms with E-state index in [9.17, 15) is 9.59 Å². The molecule has 2 N–H and O–H groups in total. The minimum atomic E-state index is -0.142. The summed E-state index contributed by atoms with van der Waals surface area (Å²) in [4.78, 5) is 26.1. The Morgan fingerprint density at radius 2 is 2.27 bits per heavy atom. The number of aryl methyl sites for hydroxylation is 1. The van der Waals surface area contributed by atoms with Gasteiger partial charge < -0.3 is 19.9 Å². The Morgan fingerprint density at radius 3 is 3.00 bits per heavy atom. The van der Waals surface area contributed by atoms with Gasteiger partial charge in [-0.3, -0.25) is 14.5 Å². The SMILES string of the molecule is CCC(=O)NC[C@H]1[C@H]2CN(CC(=O)Nc3cc(C)on3)C[C@]23CC[C@H]1O3. The van der Waals surface area contributed by atoms with Crippen LogP contribution >= 0.6 is 0 Å². The highest BCUT2D eigenvalue weighted by molar-refractivity contribution is 5.91. The number of rotatable bonds is 6. The summed E-state index contributed by atoms with van der Waals surface area (Å²) in [5.41, 5.74) is -0.142. The van der Waals surface area contributed by atoms with Gasteiger partial charge in [-0.2, -0.15) is 0 Å². The molecule has 8 nitrogen and oxygen atoms in total. The van der Waals surface area contributed by atoms with Crippen LogP contribution in [0.25, 0.3) is 0 Å². The van der Waals surface area contributed by atoms with Crippen molar-refractivity contribution in [2.45, 2.75) is 44.8 Å². The Morgan fingerprint density at radius 1 is 1.42 bits per heavy atom. The average molecular weight is 362 g/mol. The van der Waals surface area contributed by atoms with Gasteiger partial charge in [0.15, 0.2) is 5.82 Å². The summed E-state index contributed by atoms with van der Waals surface area (Å²) in [5, 5.41) is 9.59. The molecule has 0 radical (unpaired) electrons. The number of aromatic nitrogens is 1. The molecule has 0 aliphatic carbocycles. The molecule has 3 fully saturated rings. The van der Waals surface area contributed by atoms with Crippen molar-refractivity contribution in [2.75, 3.05) is 31.5 Å². The fraction of sp³-hybridized carbons (Fsp3) is 0.722. The molecule has 2 bridgehead atoms. The fourth-order valence-electron chi connectivity index (χ4n) is 4.85. The van der Waals surface area contributed by atoms with Gasteiger partial charge in [0.05, 0.1) is 18.2 Å². The van der Waals surface area contributed by atoms with Crippen LogP contribution in [0.4, 0.5) is 5.82 Å². The van der Waals surface area contributed by atoms with Crippen LogP contribution in [0.15, 0.2) is 10.6 Å². The van der Waals surface area contributed by atoms with Gasteiger partial charge in [-0.05, 0) is 19.8 Å². The van der Waals surface area contributed by atoms with Gasteiger partial charge in [-0.15, -0.1) is 0 Å². The molecule has 0 saturated carbocycles. The predicted molar refractivity (Wildman–Crippen MR) is 93.4 cm³/mol. The van der Waals surface area contributed by atoms with Gasteiger partial charge in [0.2, 0.25) is 11.8 Å². The second-order valence-electron chi connectivity index (χ2n) is 7.73. The van der Waals surface area contributed by atoms with Crippen LogP contribution in [0, 0.1) is 18.8 Å². The molecular formula is C18H26N4O4. The van der Waals surface area contributed by atoms with Crippen LogP contribution < -0.4 is 10.6 Å². The minimum Gasteiger partial charge on any atom is -0.370 e. The van der Waals surface area contributed by atoms with Gasteiger partial charge >= 0.3 is 0 Å². The number of nitrogens with one attached hydrogen (secondary N) is 2. The molecule has 3 aliphatic rings. The van der Waals surface area contributed by atoms with Gasteiger partial charge in [0.1, 0.15) is 5.76 Å². The molecule has 4 atom stereocenters.